The summed E-state index contributed by atoms with van der Waals surface area (Å²) in [6.45, 7) is 5.96. The van der Waals surface area contributed by atoms with Gasteiger partial charge in [0.05, 0.1) is 22.5 Å². The van der Waals surface area contributed by atoms with E-state index in [0.717, 1.165) is 50.6 Å². The Kier molecular flexibility index (Phi) is 7.19. The van der Waals surface area contributed by atoms with E-state index < -0.39 is 29.0 Å². The molecular formula is C31H40F3N5O2. The van der Waals surface area contributed by atoms with Gasteiger partial charge >= 0.3 is 6.18 Å². The Morgan fingerprint density at radius 2 is 1.73 bits per heavy atom. The monoisotopic (exact) mass is 571 g/mol. The Morgan fingerprint density at radius 1 is 1.07 bits per heavy atom. The fourth-order valence-electron chi connectivity index (χ4n) is 6.88. The molecule has 0 bridgehead atoms. The number of benzene rings is 1. The molecule has 0 saturated heterocycles. The first-order valence-corrected chi connectivity index (χ1v) is 15.1. The van der Waals surface area contributed by atoms with Crippen molar-refractivity contribution in [2.45, 2.75) is 96.3 Å². The van der Waals surface area contributed by atoms with Crippen LogP contribution in [0.5, 0.6) is 0 Å². The predicted octanol–water partition coefficient (Wildman–Crippen LogP) is 5.99. The van der Waals surface area contributed by atoms with Crippen LogP contribution in [-0.2, 0) is 12.6 Å². The summed E-state index contributed by atoms with van der Waals surface area (Å²) in [5, 5.41) is 7.58. The molecule has 222 valence electrons. The van der Waals surface area contributed by atoms with Crippen molar-refractivity contribution in [1.29, 1.82) is 0 Å². The van der Waals surface area contributed by atoms with Crippen molar-refractivity contribution in [3.05, 3.63) is 40.7 Å². The zero-order chi connectivity index (χ0) is 29.1. The van der Waals surface area contributed by atoms with Crippen LogP contribution in [-0.4, -0.2) is 51.5 Å². The van der Waals surface area contributed by atoms with E-state index in [2.05, 4.69) is 15.3 Å². The number of anilines is 1. The highest BCUT2D eigenvalue weighted by molar-refractivity contribution is 6.00. The number of halogens is 3. The largest absolute Gasteiger partial charge is 0.435 e. The van der Waals surface area contributed by atoms with Gasteiger partial charge in [0.1, 0.15) is 0 Å². The van der Waals surface area contributed by atoms with E-state index in [1.807, 2.05) is 13.8 Å². The predicted molar refractivity (Wildman–Crippen MR) is 150 cm³/mol. The lowest BCUT2D eigenvalue weighted by Gasteiger charge is -2.41. The van der Waals surface area contributed by atoms with Crippen molar-refractivity contribution >= 4 is 17.4 Å². The van der Waals surface area contributed by atoms with Gasteiger partial charge in [0, 0.05) is 37.3 Å². The van der Waals surface area contributed by atoms with Crippen molar-refractivity contribution in [1.82, 2.24) is 14.7 Å². The Labute approximate surface area is 239 Å². The Balaban J connectivity index is 1.37. The number of ketones is 1. The molecule has 0 unspecified atom stereocenters. The first-order chi connectivity index (χ1) is 19.4. The summed E-state index contributed by atoms with van der Waals surface area (Å²) < 4.78 is 43.3. The minimum Gasteiger partial charge on any atom is -0.380 e. The number of carbonyl (C=O) groups excluding carboxylic acids is 2. The molecule has 6 rings (SSSR count). The summed E-state index contributed by atoms with van der Waals surface area (Å²) in [7, 11) is 0. The number of primary amides is 1. The molecule has 7 nitrogen and oxygen atoms in total. The van der Waals surface area contributed by atoms with Gasteiger partial charge in [-0.1, -0.05) is 26.7 Å². The topological polar surface area (TPSA) is 93.2 Å². The number of aromatic nitrogens is 2. The smallest absolute Gasteiger partial charge is 0.380 e. The second kappa shape index (κ2) is 10.4. The van der Waals surface area contributed by atoms with Crippen LogP contribution < -0.4 is 11.1 Å². The second-order valence-electron chi connectivity index (χ2n) is 13.6. The van der Waals surface area contributed by atoms with Gasteiger partial charge in [0.2, 0.25) is 0 Å². The van der Waals surface area contributed by atoms with Gasteiger partial charge in [-0.05, 0) is 80.4 Å². The summed E-state index contributed by atoms with van der Waals surface area (Å²) in [5.41, 5.74) is 5.21. The molecular weight excluding hydrogens is 531 g/mol. The molecule has 0 spiro atoms. The van der Waals surface area contributed by atoms with Gasteiger partial charge in [-0.25, -0.2) is 4.68 Å². The number of rotatable bonds is 9. The maximum absolute atomic E-state index is 14.0. The standard InChI is InChI=1S/C31H40F3N5O2/c1-30(2)14-25-27(26(40)15-30)28(31(32,33)34)37-39(25)20-11-12-21(29(35)41)23(13-20)36-22-5-3-4-6-24(22)38(16-18-7-8-18)17-19-9-10-19/h11-13,18-19,22,24,36H,3-10,14-17H2,1-2H3,(H2,35,41)/t22-,24-/m1/s1. The number of nitrogens with two attached hydrogens (primary N) is 1. The molecule has 10 heteroatoms. The fraction of sp³-hybridized carbons (Fsp3) is 0.645. The van der Waals surface area contributed by atoms with Crippen LogP contribution in [0, 0.1) is 17.3 Å². The summed E-state index contributed by atoms with van der Waals surface area (Å²) in [4.78, 5) is 28.1. The van der Waals surface area contributed by atoms with Crippen LogP contribution in [0.2, 0.25) is 0 Å². The average molecular weight is 572 g/mol. The molecule has 0 aliphatic heterocycles. The number of alkyl halides is 3. The van der Waals surface area contributed by atoms with Crippen LogP contribution in [0.25, 0.3) is 5.69 Å². The maximum Gasteiger partial charge on any atom is 0.435 e. The molecule has 1 aromatic heterocycles. The number of carbonyl (C=O) groups is 2. The highest BCUT2D eigenvalue weighted by Gasteiger charge is 2.45. The van der Waals surface area contributed by atoms with Crippen molar-refractivity contribution in [3.63, 3.8) is 0 Å². The van der Waals surface area contributed by atoms with Crippen LogP contribution in [0.4, 0.5) is 18.9 Å². The lowest BCUT2D eigenvalue weighted by atomic mass is 9.75. The first kappa shape index (κ1) is 28.2. The van der Waals surface area contributed by atoms with Crippen molar-refractivity contribution in [2.24, 2.45) is 23.0 Å². The van der Waals surface area contributed by atoms with Gasteiger partial charge < -0.3 is 11.1 Å². The molecule has 3 N–H and O–H groups in total. The maximum atomic E-state index is 14.0. The third-order valence-electron chi connectivity index (χ3n) is 9.25. The highest BCUT2D eigenvalue weighted by atomic mass is 19.4. The highest BCUT2D eigenvalue weighted by Crippen LogP contribution is 2.42. The Bertz CT molecular complexity index is 1330. The number of amides is 1. The molecule has 3 fully saturated rings. The Hall–Kier alpha value is -2.88. The van der Waals surface area contributed by atoms with Crippen LogP contribution >= 0.6 is 0 Å². The molecule has 0 radical (unpaired) electrons. The molecule has 1 aromatic carbocycles. The molecule has 2 atom stereocenters. The molecule has 4 aliphatic carbocycles. The second-order valence-corrected chi connectivity index (χ2v) is 13.6. The van der Waals surface area contributed by atoms with Gasteiger partial charge in [-0.2, -0.15) is 18.3 Å². The van der Waals surface area contributed by atoms with Gasteiger partial charge in [-0.15, -0.1) is 0 Å². The average Bonchev–Trinajstić information content (AvgIpc) is 3.82. The van der Waals surface area contributed by atoms with Gasteiger partial charge in [0.15, 0.2) is 11.5 Å². The molecule has 1 amide bonds. The van der Waals surface area contributed by atoms with Crippen molar-refractivity contribution < 1.29 is 22.8 Å². The summed E-state index contributed by atoms with van der Waals surface area (Å²) in [6.07, 6.45) is 4.92. The minimum atomic E-state index is -4.76. The fourth-order valence-corrected chi connectivity index (χ4v) is 6.88. The first-order valence-electron chi connectivity index (χ1n) is 15.1. The molecule has 1 heterocycles. The molecule has 2 aromatic rings. The minimum absolute atomic E-state index is 0.0312. The van der Waals surface area contributed by atoms with Crippen LogP contribution in [0.15, 0.2) is 18.2 Å². The summed E-state index contributed by atoms with van der Waals surface area (Å²) in [6, 6.07) is 5.21. The zero-order valence-electron chi connectivity index (χ0n) is 23.9. The normalized spacial score (nSPS) is 24.4. The van der Waals surface area contributed by atoms with E-state index in [1.165, 1.54) is 30.4 Å². The zero-order valence-corrected chi connectivity index (χ0v) is 23.9. The number of hydrogen-bond acceptors (Lipinski definition) is 5. The Morgan fingerprint density at radius 3 is 2.34 bits per heavy atom. The molecule has 41 heavy (non-hydrogen) atoms. The third kappa shape index (κ3) is 6.03. The number of nitrogens with one attached hydrogen (secondary N) is 1. The van der Waals surface area contributed by atoms with Gasteiger partial charge in [-0.3, -0.25) is 14.5 Å². The molecule has 4 aliphatic rings. The van der Waals surface area contributed by atoms with E-state index in [1.54, 1.807) is 18.2 Å². The lowest BCUT2D eigenvalue weighted by molar-refractivity contribution is -0.141. The van der Waals surface area contributed by atoms with E-state index in [0.29, 0.717) is 23.0 Å². The third-order valence-corrected chi connectivity index (χ3v) is 9.25. The quantitative estimate of drug-likeness (QED) is 0.386. The SMILES string of the molecule is CC1(C)CC(=O)c2c(C(F)(F)F)nn(-c3ccc(C(N)=O)c(N[C@@H]4CCCC[C@H]4N(CC4CC4)CC4CC4)c3)c2C1. The van der Waals surface area contributed by atoms with E-state index in [-0.39, 0.29) is 30.1 Å². The summed E-state index contributed by atoms with van der Waals surface area (Å²) in [5.74, 6) is 0.385. The number of hydrogen-bond donors (Lipinski definition) is 2. The number of fused-ring (bicyclic) bond motifs is 1. The van der Waals surface area contributed by atoms with E-state index in [9.17, 15) is 22.8 Å². The van der Waals surface area contributed by atoms with Crippen molar-refractivity contribution in [3.8, 4) is 5.69 Å². The van der Waals surface area contributed by atoms with Crippen molar-refractivity contribution in [2.75, 3.05) is 18.4 Å². The van der Waals surface area contributed by atoms with E-state index in [4.69, 9.17) is 5.73 Å². The van der Waals surface area contributed by atoms with Crippen LogP contribution in [0.1, 0.15) is 104 Å². The number of Topliss-reactive ketones (excluding diaryl/α,β-unsaturated/α-hetero) is 1. The summed E-state index contributed by atoms with van der Waals surface area (Å²) >= 11 is 0. The number of nitrogens with zero attached hydrogens (tertiary/aromatic N) is 3. The lowest BCUT2D eigenvalue weighted by Crippen LogP contribution is -2.50. The molecule has 3 saturated carbocycles. The van der Waals surface area contributed by atoms with Gasteiger partial charge in [0.25, 0.3) is 5.91 Å². The van der Waals surface area contributed by atoms with Crippen LogP contribution in [0.3, 0.4) is 0 Å². The van der Waals surface area contributed by atoms with E-state index >= 15 is 0 Å².